The summed E-state index contributed by atoms with van der Waals surface area (Å²) in [4.78, 5) is 7.57. The van der Waals surface area contributed by atoms with Crippen LogP contribution in [-0.2, 0) is 13.0 Å². The lowest BCUT2D eigenvalue weighted by atomic mass is 10.1. The molecule has 3 N–H and O–H groups in total. The van der Waals surface area contributed by atoms with Crippen molar-refractivity contribution in [2.75, 3.05) is 13.6 Å². The van der Waals surface area contributed by atoms with Gasteiger partial charge in [-0.15, -0.1) is 0 Å². The SMILES string of the molecule is CN=C(NCCc1c[nH]c2cccc(C)c12)NCc1ccco1. The maximum absolute atomic E-state index is 5.30. The Bertz CT molecular complexity index is 787. The molecule has 0 aliphatic heterocycles. The van der Waals surface area contributed by atoms with E-state index < -0.39 is 0 Å². The third-order valence-electron chi connectivity index (χ3n) is 3.92. The molecule has 0 aliphatic rings. The van der Waals surface area contributed by atoms with Gasteiger partial charge in [0.1, 0.15) is 5.76 Å². The number of guanidine groups is 1. The summed E-state index contributed by atoms with van der Waals surface area (Å²) >= 11 is 0. The highest BCUT2D eigenvalue weighted by molar-refractivity contribution is 5.86. The molecule has 0 fully saturated rings. The molecule has 0 aliphatic carbocycles. The average molecular weight is 310 g/mol. The van der Waals surface area contributed by atoms with Crippen LogP contribution in [-0.4, -0.2) is 24.5 Å². The number of aliphatic imine (C=N–C) groups is 1. The lowest BCUT2D eigenvalue weighted by Gasteiger charge is -2.11. The molecule has 3 rings (SSSR count). The lowest BCUT2D eigenvalue weighted by molar-refractivity contribution is 0.501. The number of rotatable bonds is 5. The Kier molecular flexibility index (Phi) is 4.66. The first-order chi connectivity index (χ1) is 11.3. The highest BCUT2D eigenvalue weighted by Crippen LogP contribution is 2.22. The Balaban J connectivity index is 1.55. The maximum atomic E-state index is 5.30. The molecular formula is C18H22N4O. The minimum atomic E-state index is 0.624. The number of nitrogens with zero attached hydrogens (tertiary/aromatic N) is 1. The Morgan fingerprint density at radius 2 is 2.13 bits per heavy atom. The smallest absolute Gasteiger partial charge is 0.191 e. The van der Waals surface area contributed by atoms with E-state index in [0.29, 0.717) is 6.54 Å². The predicted octanol–water partition coefficient (Wildman–Crippen LogP) is 2.98. The zero-order chi connectivity index (χ0) is 16.1. The Labute approximate surface area is 135 Å². The summed E-state index contributed by atoms with van der Waals surface area (Å²) in [7, 11) is 1.77. The quantitative estimate of drug-likeness (QED) is 0.501. The first-order valence-electron chi connectivity index (χ1n) is 7.80. The van der Waals surface area contributed by atoms with Crippen molar-refractivity contribution in [3.05, 3.63) is 59.7 Å². The van der Waals surface area contributed by atoms with E-state index in [1.54, 1.807) is 13.3 Å². The number of hydrogen-bond acceptors (Lipinski definition) is 2. The van der Waals surface area contributed by atoms with Crippen molar-refractivity contribution in [3.63, 3.8) is 0 Å². The van der Waals surface area contributed by atoms with E-state index in [0.717, 1.165) is 24.7 Å². The molecule has 0 radical (unpaired) electrons. The zero-order valence-electron chi connectivity index (χ0n) is 13.5. The van der Waals surface area contributed by atoms with Gasteiger partial charge in [-0.3, -0.25) is 4.99 Å². The molecule has 0 saturated carbocycles. The molecule has 5 heteroatoms. The van der Waals surface area contributed by atoms with Gasteiger partial charge in [-0.05, 0) is 42.7 Å². The van der Waals surface area contributed by atoms with Gasteiger partial charge in [-0.1, -0.05) is 12.1 Å². The molecule has 0 unspecified atom stereocenters. The predicted molar refractivity (Wildman–Crippen MR) is 93.6 cm³/mol. The largest absolute Gasteiger partial charge is 0.467 e. The van der Waals surface area contributed by atoms with Crippen LogP contribution < -0.4 is 10.6 Å². The molecule has 0 atom stereocenters. The number of nitrogens with one attached hydrogen (secondary N) is 3. The van der Waals surface area contributed by atoms with E-state index in [1.165, 1.54) is 22.0 Å². The number of furan rings is 1. The molecule has 120 valence electrons. The third kappa shape index (κ3) is 3.56. The zero-order valence-corrected chi connectivity index (χ0v) is 13.5. The summed E-state index contributed by atoms with van der Waals surface area (Å²) in [6.45, 7) is 3.59. The first kappa shape index (κ1) is 15.2. The molecule has 2 aromatic heterocycles. The van der Waals surface area contributed by atoms with Crippen molar-refractivity contribution in [2.24, 2.45) is 4.99 Å². The van der Waals surface area contributed by atoms with Crippen molar-refractivity contribution in [1.29, 1.82) is 0 Å². The van der Waals surface area contributed by atoms with Crippen LogP contribution in [0.25, 0.3) is 10.9 Å². The molecule has 0 spiro atoms. The lowest BCUT2D eigenvalue weighted by Crippen LogP contribution is -2.37. The fraction of sp³-hybridized carbons (Fsp3) is 0.278. The molecule has 2 heterocycles. The van der Waals surface area contributed by atoms with Gasteiger partial charge < -0.3 is 20.0 Å². The molecule has 0 bridgehead atoms. The third-order valence-corrected chi connectivity index (χ3v) is 3.92. The van der Waals surface area contributed by atoms with Gasteiger partial charge in [-0.2, -0.15) is 0 Å². The van der Waals surface area contributed by atoms with Gasteiger partial charge in [0.05, 0.1) is 12.8 Å². The van der Waals surface area contributed by atoms with Crippen LogP contribution in [0.15, 0.2) is 52.2 Å². The number of aromatic amines is 1. The van der Waals surface area contributed by atoms with Crippen LogP contribution in [0.1, 0.15) is 16.9 Å². The summed E-state index contributed by atoms with van der Waals surface area (Å²) < 4.78 is 5.30. The van der Waals surface area contributed by atoms with Crippen LogP contribution >= 0.6 is 0 Å². The second-order valence-corrected chi connectivity index (χ2v) is 5.49. The van der Waals surface area contributed by atoms with Crippen LogP contribution in [0.3, 0.4) is 0 Å². The first-order valence-corrected chi connectivity index (χ1v) is 7.80. The molecule has 5 nitrogen and oxygen atoms in total. The van der Waals surface area contributed by atoms with Gasteiger partial charge in [0.25, 0.3) is 0 Å². The Hall–Kier alpha value is -2.69. The number of aromatic nitrogens is 1. The minimum absolute atomic E-state index is 0.624. The molecule has 3 aromatic rings. The summed E-state index contributed by atoms with van der Waals surface area (Å²) in [5, 5.41) is 7.90. The summed E-state index contributed by atoms with van der Waals surface area (Å²) in [6, 6.07) is 10.2. The van der Waals surface area contributed by atoms with Crippen molar-refractivity contribution in [3.8, 4) is 0 Å². The summed E-state index contributed by atoms with van der Waals surface area (Å²) in [5.74, 6) is 1.66. The van der Waals surface area contributed by atoms with E-state index in [9.17, 15) is 0 Å². The number of H-pyrrole nitrogens is 1. The van der Waals surface area contributed by atoms with Crippen molar-refractivity contribution in [2.45, 2.75) is 19.9 Å². The van der Waals surface area contributed by atoms with Crippen LogP contribution in [0.4, 0.5) is 0 Å². The van der Waals surface area contributed by atoms with Crippen molar-refractivity contribution < 1.29 is 4.42 Å². The van der Waals surface area contributed by atoms with Crippen LogP contribution in [0.2, 0.25) is 0 Å². The monoisotopic (exact) mass is 310 g/mol. The van der Waals surface area contributed by atoms with Gasteiger partial charge in [-0.25, -0.2) is 0 Å². The van der Waals surface area contributed by atoms with Crippen molar-refractivity contribution >= 4 is 16.9 Å². The second kappa shape index (κ2) is 7.05. The molecular weight excluding hydrogens is 288 g/mol. The maximum Gasteiger partial charge on any atom is 0.191 e. The topological polar surface area (TPSA) is 65.3 Å². The van der Waals surface area contributed by atoms with Crippen molar-refractivity contribution in [1.82, 2.24) is 15.6 Å². The standard InChI is InChI=1S/C18H22N4O/c1-13-5-3-7-16-17(13)14(11-21-16)8-9-20-18(19-2)22-12-15-6-4-10-23-15/h3-7,10-11,21H,8-9,12H2,1-2H3,(H2,19,20,22). The second-order valence-electron chi connectivity index (χ2n) is 5.49. The molecule has 1 aromatic carbocycles. The average Bonchev–Trinajstić information content (AvgIpc) is 3.21. The minimum Gasteiger partial charge on any atom is -0.467 e. The Morgan fingerprint density at radius 3 is 2.91 bits per heavy atom. The van der Waals surface area contributed by atoms with Gasteiger partial charge in [0.15, 0.2) is 5.96 Å². The summed E-state index contributed by atoms with van der Waals surface area (Å²) in [5.41, 5.74) is 3.83. The molecule has 0 amide bonds. The Morgan fingerprint density at radius 1 is 1.22 bits per heavy atom. The summed E-state index contributed by atoms with van der Waals surface area (Å²) in [6.07, 6.45) is 4.71. The van der Waals surface area contributed by atoms with Gasteiger partial charge in [0, 0.05) is 30.7 Å². The van der Waals surface area contributed by atoms with Crippen LogP contribution in [0.5, 0.6) is 0 Å². The van der Waals surface area contributed by atoms with E-state index >= 15 is 0 Å². The number of hydrogen-bond donors (Lipinski definition) is 3. The van der Waals surface area contributed by atoms with E-state index in [4.69, 9.17) is 4.42 Å². The number of benzene rings is 1. The molecule has 23 heavy (non-hydrogen) atoms. The highest BCUT2D eigenvalue weighted by atomic mass is 16.3. The number of fused-ring (bicyclic) bond motifs is 1. The molecule has 0 saturated heterocycles. The van der Waals surface area contributed by atoms with Gasteiger partial charge in [0.2, 0.25) is 0 Å². The highest BCUT2D eigenvalue weighted by Gasteiger charge is 2.06. The van der Waals surface area contributed by atoms with E-state index in [1.807, 2.05) is 12.1 Å². The van der Waals surface area contributed by atoms with E-state index in [2.05, 4.69) is 51.9 Å². The van der Waals surface area contributed by atoms with Gasteiger partial charge >= 0.3 is 0 Å². The number of aryl methyl sites for hydroxylation is 1. The fourth-order valence-electron chi connectivity index (χ4n) is 2.77. The normalized spacial score (nSPS) is 11.8. The van der Waals surface area contributed by atoms with E-state index in [-0.39, 0.29) is 0 Å². The fourth-order valence-corrected chi connectivity index (χ4v) is 2.77. The van der Waals surface area contributed by atoms with Crippen LogP contribution in [0, 0.1) is 6.92 Å².